The molecule has 0 bridgehead atoms. The van der Waals surface area contributed by atoms with Crippen molar-refractivity contribution in [3.63, 3.8) is 0 Å². The van der Waals surface area contributed by atoms with Crippen molar-refractivity contribution in [3.05, 3.63) is 90.7 Å². The van der Waals surface area contributed by atoms with Crippen LogP contribution in [0.2, 0.25) is 0 Å². The quantitative estimate of drug-likeness (QED) is 0.0665. The van der Waals surface area contributed by atoms with Gasteiger partial charge in [-0.25, -0.2) is 0 Å². The van der Waals surface area contributed by atoms with Gasteiger partial charge in [0, 0.05) is 0 Å². The number of rotatable bonds is 22. The number of allylic oxidation sites excluding steroid dienone is 8. The van der Waals surface area contributed by atoms with Crippen molar-refractivity contribution in [2.45, 2.75) is 146 Å². The number of hydrogen-bond donors (Lipinski definition) is 0. The Morgan fingerprint density at radius 3 is 1.25 bits per heavy atom. The molecule has 2 nitrogen and oxygen atoms in total. The first-order valence-electron chi connectivity index (χ1n) is 21.3. The van der Waals surface area contributed by atoms with E-state index in [1.54, 1.807) is 12.1 Å². The molecule has 0 heterocycles. The van der Waals surface area contributed by atoms with Gasteiger partial charge in [0.2, 0.25) is 0 Å². The molecule has 0 amide bonds. The summed E-state index contributed by atoms with van der Waals surface area (Å²) >= 11 is -5.12. The van der Waals surface area contributed by atoms with Gasteiger partial charge in [-0.05, 0) is 0 Å². The van der Waals surface area contributed by atoms with E-state index in [1.165, 1.54) is 12.1 Å². The number of halogens is 4. The molecule has 2 aliphatic rings. The zero-order valence-corrected chi connectivity index (χ0v) is 37.4. The summed E-state index contributed by atoms with van der Waals surface area (Å²) in [6.07, 6.45) is 18.6. The molecule has 304 valence electrons. The van der Waals surface area contributed by atoms with Gasteiger partial charge in [-0.15, -0.1) is 0 Å². The third-order valence-electron chi connectivity index (χ3n) is 12.5. The minimum absolute atomic E-state index is 0.0974. The van der Waals surface area contributed by atoms with Gasteiger partial charge >= 0.3 is 337 Å². The second kappa shape index (κ2) is 19.7. The van der Waals surface area contributed by atoms with Crippen molar-refractivity contribution >= 4 is 19.1 Å². The van der Waals surface area contributed by atoms with Crippen LogP contribution in [0.4, 0.5) is 28.9 Å². The fourth-order valence-corrected chi connectivity index (χ4v) is 17.7. The summed E-state index contributed by atoms with van der Waals surface area (Å²) in [6.45, 7) is 23.6. The molecule has 7 heteroatoms. The molecule has 2 aromatic rings. The van der Waals surface area contributed by atoms with Crippen LogP contribution in [0.5, 0.6) is 0 Å². The summed E-state index contributed by atoms with van der Waals surface area (Å²) in [6, 6.07) is 5.91. The molecular weight excluding hydrogens is 728 g/mol. The molecule has 0 saturated heterocycles. The maximum absolute atomic E-state index is 18.2. The Hall–Kier alpha value is -2.57. The molecule has 4 rings (SSSR count). The first-order valence-corrected chi connectivity index (χ1v) is 24.4. The van der Waals surface area contributed by atoms with Crippen molar-refractivity contribution in [2.24, 2.45) is 10.8 Å². The topological polar surface area (TPSA) is 6.48 Å². The molecule has 2 aromatic carbocycles. The van der Waals surface area contributed by atoms with Crippen molar-refractivity contribution in [3.8, 4) is 0 Å². The Kier molecular flexibility index (Phi) is 16.2. The number of benzene rings is 2. The van der Waals surface area contributed by atoms with Gasteiger partial charge in [0.15, 0.2) is 0 Å². The van der Waals surface area contributed by atoms with Crippen LogP contribution in [0.25, 0.3) is 0 Å². The Balaban J connectivity index is 2.13. The van der Waals surface area contributed by atoms with Crippen LogP contribution < -0.4 is 17.5 Å². The van der Waals surface area contributed by atoms with E-state index in [0.717, 1.165) is 83.1 Å². The van der Waals surface area contributed by atoms with Gasteiger partial charge < -0.3 is 0 Å². The molecule has 0 atom stereocenters. The van der Waals surface area contributed by atoms with Crippen LogP contribution in [-0.2, 0) is 16.6 Å². The van der Waals surface area contributed by atoms with E-state index in [9.17, 15) is 0 Å². The predicted molar refractivity (Wildman–Crippen MR) is 226 cm³/mol. The Labute approximate surface area is 335 Å². The fourth-order valence-electron chi connectivity index (χ4n) is 8.58. The number of hydrogen-bond acceptors (Lipinski definition) is 2. The summed E-state index contributed by atoms with van der Waals surface area (Å²) in [4.78, 5) is 4.17. The first kappa shape index (κ1) is 45.1. The summed E-state index contributed by atoms with van der Waals surface area (Å²) in [5, 5.41) is 0. The molecule has 0 unspecified atom stereocenters. The van der Waals surface area contributed by atoms with Gasteiger partial charge in [0.25, 0.3) is 0 Å². The van der Waals surface area contributed by atoms with Gasteiger partial charge in [-0.3, -0.25) is 0 Å². The van der Waals surface area contributed by atoms with E-state index in [1.807, 2.05) is 38.2 Å². The van der Waals surface area contributed by atoms with Crippen LogP contribution >= 0.6 is 0 Å². The fraction of sp³-hybridized carbons (Fsp3) is 0.583. The normalized spacial score (nSPS) is 14.9. The Morgan fingerprint density at radius 1 is 0.564 bits per heavy atom. The van der Waals surface area contributed by atoms with Crippen LogP contribution in [0.3, 0.4) is 0 Å². The van der Waals surface area contributed by atoms with Crippen molar-refractivity contribution in [1.29, 1.82) is 0 Å². The van der Waals surface area contributed by atoms with Crippen LogP contribution in [0.1, 0.15) is 146 Å². The second-order valence-electron chi connectivity index (χ2n) is 17.8. The van der Waals surface area contributed by atoms with Gasteiger partial charge in [-0.2, -0.15) is 0 Å². The van der Waals surface area contributed by atoms with Gasteiger partial charge in [-0.1, -0.05) is 0 Å². The number of anilines is 2. The summed E-state index contributed by atoms with van der Waals surface area (Å²) < 4.78 is 72.4. The van der Waals surface area contributed by atoms with Crippen LogP contribution in [0, 0.1) is 34.1 Å². The van der Waals surface area contributed by atoms with Gasteiger partial charge in [0.1, 0.15) is 0 Å². The molecular formula is C48H70F4N2Ti. The average molecular weight is 799 g/mol. The number of nitrogens with zero attached hydrogens (tertiary/aromatic N) is 2. The first-order chi connectivity index (χ1) is 26.1. The molecule has 0 aromatic heterocycles. The average Bonchev–Trinajstić information content (AvgIpc) is 3.78. The standard InChI is InChI=1S/2C18H28F2N.2C6H7.Ti/c2*1-5-7-8-9-12-21(14-18(3,4)6-2)17-11-10-15(19)13-16(17)20;2*1-6-4-2-3-5-6;/h2*10-11H,5-9,12,14H2,1-4H3;2*2,4H,3H2,1H3;. The number of unbranched alkanes of at least 4 members (excludes halogenated alkanes) is 6. The Bertz CT molecular complexity index is 1620. The molecule has 0 aliphatic heterocycles. The van der Waals surface area contributed by atoms with E-state index < -0.39 is 39.9 Å². The van der Waals surface area contributed by atoms with E-state index in [-0.39, 0.29) is 18.6 Å². The van der Waals surface area contributed by atoms with E-state index in [4.69, 9.17) is 0 Å². The summed E-state index contributed by atoms with van der Waals surface area (Å²) in [5.74, 6) is -2.74. The molecule has 0 N–H and O–H groups in total. The molecule has 0 saturated carbocycles. The van der Waals surface area contributed by atoms with Crippen molar-refractivity contribution < 1.29 is 34.2 Å². The van der Waals surface area contributed by atoms with E-state index >= 15 is 17.6 Å². The van der Waals surface area contributed by atoms with Crippen molar-refractivity contribution in [2.75, 3.05) is 36.0 Å². The Morgan fingerprint density at radius 2 is 0.945 bits per heavy atom. The second-order valence-corrected chi connectivity index (χ2v) is 23.6. The maximum atomic E-state index is 18.2. The third-order valence-corrected chi connectivity index (χ3v) is 21.0. The van der Waals surface area contributed by atoms with E-state index in [0.29, 0.717) is 50.4 Å². The molecule has 55 heavy (non-hydrogen) atoms. The summed E-state index contributed by atoms with van der Waals surface area (Å²) in [7, 11) is 0. The predicted octanol–water partition coefficient (Wildman–Crippen LogP) is 13.5. The third kappa shape index (κ3) is 10.1. The molecule has 2 aliphatic carbocycles. The molecule has 0 fully saturated rings. The molecule has 0 spiro atoms. The monoisotopic (exact) mass is 798 g/mol. The zero-order valence-electron chi connectivity index (χ0n) is 35.8. The zero-order chi connectivity index (χ0) is 40.6. The molecule has 0 radical (unpaired) electrons. The van der Waals surface area contributed by atoms with Crippen LogP contribution in [0.15, 0.2) is 67.5 Å². The van der Waals surface area contributed by atoms with Gasteiger partial charge in [0.05, 0.1) is 0 Å². The SMILES string of the molecule is CCCCCCN(CC(C)(C)CC)c1ccc(F)[c]([Ti]([C]2=C(C)C=CC2)([C]2=C(C)C=CC2)[c]2c(F)ccc(N(CCCCCC)CC(C)(C)CC)c2F)c1F. The summed E-state index contributed by atoms with van der Waals surface area (Å²) in [5.41, 5.74) is 2.11. The minimum atomic E-state index is -5.12. The van der Waals surface area contributed by atoms with Crippen LogP contribution in [-0.4, -0.2) is 26.2 Å². The van der Waals surface area contributed by atoms with Crippen molar-refractivity contribution in [1.82, 2.24) is 0 Å². The van der Waals surface area contributed by atoms with E-state index in [2.05, 4.69) is 65.2 Å².